The summed E-state index contributed by atoms with van der Waals surface area (Å²) < 4.78 is 29.4. The van der Waals surface area contributed by atoms with Crippen molar-refractivity contribution >= 4 is 10.2 Å². The van der Waals surface area contributed by atoms with Gasteiger partial charge in [0.1, 0.15) is 0 Å². The van der Waals surface area contributed by atoms with Crippen LogP contribution >= 0.6 is 0 Å². The number of piperazine rings is 1. The van der Waals surface area contributed by atoms with Crippen LogP contribution in [0.15, 0.2) is 30.3 Å². The Morgan fingerprint density at radius 2 is 1.70 bits per heavy atom. The van der Waals surface area contributed by atoms with Gasteiger partial charge in [0.2, 0.25) is 0 Å². The van der Waals surface area contributed by atoms with E-state index in [0.717, 1.165) is 19.5 Å². The fourth-order valence-corrected chi connectivity index (χ4v) is 4.56. The number of hydrogen-bond acceptors (Lipinski definition) is 3. The Kier molecular flexibility index (Phi) is 5.84. The Balaban J connectivity index is 1.97. The molecule has 130 valence electrons. The lowest BCUT2D eigenvalue weighted by molar-refractivity contribution is 0.220. The maximum atomic E-state index is 12.5. The fourth-order valence-electron chi connectivity index (χ4n) is 3.17. The highest BCUT2D eigenvalue weighted by Crippen LogP contribution is 2.28. The Morgan fingerprint density at radius 3 is 2.26 bits per heavy atom. The highest BCUT2D eigenvalue weighted by Gasteiger charge is 2.29. The maximum Gasteiger partial charge on any atom is 0.279 e. The lowest BCUT2D eigenvalue weighted by atomic mass is 9.79. The van der Waals surface area contributed by atoms with Crippen molar-refractivity contribution in [2.24, 2.45) is 0 Å². The molecule has 0 aromatic heterocycles. The number of likely N-dealkylation sites (N-methyl/N-ethyl adjacent to an activating group) is 1. The highest BCUT2D eigenvalue weighted by molar-refractivity contribution is 7.87. The molecule has 1 aliphatic rings. The molecule has 1 atom stereocenters. The maximum absolute atomic E-state index is 12.5. The monoisotopic (exact) mass is 339 g/mol. The molecule has 5 nitrogen and oxygen atoms in total. The van der Waals surface area contributed by atoms with Crippen LogP contribution in [-0.4, -0.2) is 56.9 Å². The number of benzene rings is 1. The van der Waals surface area contributed by atoms with Crippen LogP contribution in [0.1, 0.15) is 32.8 Å². The normalized spacial score (nSPS) is 19.7. The summed E-state index contributed by atoms with van der Waals surface area (Å²) in [5.74, 6) is 0. The third-order valence-corrected chi connectivity index (χ3v) is 6.27. The van der Waals surface area contributed by atoms with Crippen LogP contribution in [0.3, 0.4) is 0 Å². The molecule has 1 heterocycles. The number of hydrogen-bond donors (Lipinski definition) is 1. The van der Waals surface area contributed by atoms with E-state index in [9.17, 15) is 8.42 Å². The number of nitrogens with zero attached hydrogens (tertiary/aromatic N) is 2. The van der Waals surface area contributed by atoms with Crippen LogP contribution in [0.5, 0.6) is 0 Å². The summed E-state index contributed by atoms with van der Waals surface area (Å²) >= 11 is 0. The summed E-state index contributed by atoms with van der Waals surface area (Å²) in [6, 6.07) is 10.1. The summed E-state index contributed by atoms with van der Waals surface area (Å²) in [6.07, 6.45) is 0.754. The van der Waals surface area contributed by atoms with E-state index in [4.69, 9.17) is 0 Å². The molecular formula is C17H29N3O2S. The van der Waals surface area contributed by atoms with Crippen molar-refractivity contribution in [3.63, 3.8) is 0 Å². The molecule has 0 saturated carbocycles. The van der Waals surface area contributed by atoms with E-state index in [-0.39, 0.29) is 11.5 Å². The topological polar surface area (TPSA) is 52.7 Å². The summed E-state index contributed by atoms with van der Waals surface area (Å²) in [5, 5.41) is 0. The van der Waals surface area contributed by atoms with E-state index in [1.807, 2.05) is 32.2 Å². The molecule has 1 aromatic carbocycles. The summed E-state index contributed by atoms with van der Waals surface area (Å²) in [6.45, 7) is 8.93. The molecule has 6 heteroatoms. The van der Waals surface area contributed by atoms with Crippen molar-refractivity contribution in [3.05, 3.63) is 35.9 Å². The standard InChI is InChI=1S/C17H29N3O2S/c1-15(14-17(2,3)16-8-6-5-7-9-16)18-23(21,22)20-12-10-19(4)11-13-20/h5-9,15,18H,10-14H2,1-4H3/t15-/m0/s1. The molecule has 0 amide bonds. The van der Waals surface area contributed by atoms with Gasteiger partial charge in [-0.1, -0.05) is 44.2 Å². The highest BCUT2D eigenvalue weighted by atomic mass is 32.2. The zero-order chi connectivity index (χ0) is 17.1. The van der Waals surface area contributed by atoms with Crippen molar-refractivity contribution in [3.8, 4) is 0 Å². The zero-order valence-corrected chi connectivity index (χ0v) is 15.4. The van der Waals surface area contributed by atoms with E-state index in [1.165, 1.54) is 5.56 Å². The lowest BCUT2D eigenvalue weighted by Gasteiger charge is -2.34. The van der Waals surface area contributed by atoms with Gasteiger partial charge in [0, 0.05) is 32.2 Å². The second-order valence-electron chi connectivity index (χ2n) is 7.18. The lowest BCUT2D eigenvalue weighted by Crippen LogP contribution is -2.52. The van der Waals surface area contributed by atoms with Crippen molar-refractivity contribution in [1.82, 2.24) is 13.9 Å². The van der Waals surface area contributed by atoms with Gasteiger partial charge in [0.05, 0.1) is 0 Å². The molecule has 0 bridgehead atoms. The Bertz CT molecular complexity index is 594. The molecule has 1 aliphatic heterocycles. The molecule has 1 fully saturated rings. The van der Waals surface area contributed by atoms with Gasteiger partial charge >= 0.3 is 0 Å². The molecule has 0 radical (unpaired) electrons. The third-order valence-electron chi connectivity index (χ3n) is 4.52. The molecule has 1 N–H and O–H groups in total. The minimum absolute atomic E-state index is 0.0781. The van der Waals surface area contributed by atoms with Crippen LogP contribution in [-0.2, 0) is 15.6 Å². The smallest absolute Gasteiger partial charge is 0.279 e. The van der Waals surface area contributed by atoms with Gasteiger partial charge in [-0.3, -0.25) is 0 Å². The average Bonchev–Trinajstić information content (AvgIpc) is 2.47. The molecule has 0 unspecified atom stereocenters. The van der Waals surface area contributed by atoms with E-state index in [2.05, 4.69) is 35.6 Å². The molecule has 2 rings (SSSR count). The van der Waals surface area contributed by atoms with Crippen LogP contribution in [0.2, 0.25) is 0 Å². The van der Waals surface area contributed by atoms with Gasteiger partial charge in [-0.2, -0.15) is 17.4 Å². The Hall–Kier alpha value is -0.950. The first-order valence-electron chi connectivity index (χ1n) is 8.22. The fraction of sp³-hybridized carbons (Fsp3) is 0.647. The molecule has 1 aromatic rings. The first-order chi connectivity index (χ1) is 10.7. The van der Waals surface area contributed by atoms with Crippen LogP contribution in [0, 0.1) is 0 Å². The molecule has 23 heavy (non-hydrogen) atoms. The van der Waals surface area contributed by atoms with Gasteiger partial charge in [0.25, 0.3) is 10.2 Å². The predicted octanol–water partition coefficient (Wildman–Crippen LogP) is 1.82. The van der Waals surface area contributed by atoms with Crippen molar-refractivity contribution in [2.45, 2.75) is 38.6 Å². The molecular weight excluding hydrogens is 310 g/mol. The van der Waals surface area contributed by atoms with Gasteiger partial charge in [-0.05, 0) is 31.4 Å². The van der Waals surface area contributed by atoms with Crippen LogP contribution < -0.4 is 4.72 Å². The van der Waals surface area contributed by atoms with Gasteiger partial charge < -0.3 is 4.90 Å². The largest absolute Gasteiger partial charge is 0.304 e. The van der Waals surface area contributed by atoms with E-state index in [1.54, 1.807) is 4.31 Å². The second-order valence-corrected chi connectivity index (χ2v) is 8.88. The molecule has 1 saturated heterocycles. The molecule has 0 aliphatic carbocycles. The third kappa shape index (κ3) is 5.01. The number of nitrogens with one attached hydrogen (secondary N) is 1. The van der Waals surface area contributed by atoms with Crippen LogP contribution in [0.4, 0.5) is 0 Å². The first kappa shape index (κ1) is 18.4. The van der Waals surface area contributed by atoms with Crippen molar-refractivity contribution in [2.75, 3.05) is 33.2 Å². The van der Waals surface area contributed by atoms with Crippen molar-refractivity contribution < 1.29 is 8.42 Å². The summed E-state index contributed by atoms with van der Waals surface area (Å²) in [7, 11) is -1.39. The van der Waals surface area contributed by atoms with Gasteiger partial charge in [-0.15, -0.1) is 0 Å². The SMILES string of the molecule is C[C@@H](CC(C)(C)c1ccccc1)NS(=O)(=O)N1CCN(C)CC1. The van der Waals surface area contributed by atoms with Crippen LogP contribution in [0.25, 0.3) is 0 Å². The average molecular weight is 340 g/mol. The summed E-state index contributed by atoms with van der Waals surface area (Å²) in [5.41, 5.74) is 1.15. The second kappa shape index (κ2) is 7.30. The number of rotatable bonds is 6. The quantitative estimate of drug-likeness (QED) is 0.860. The predicted molar refractivity (Wildman–Crippen MR) is 94.7 cm³/mol. The molecule has 0 spiro atoms. The minimum Gasteiger partial charge on any atom is -0.304 e. The van der Waals surface area contributed by atoms with E-state index >= 15 is 0 Å². The van der Waals surface area contributed by atoms with Gasteiger partial charge in [0.15, 0.2) is 0 Å². The summed E-state index contributed by atoms with van der Waals surface area (Å²) in [4.78, 5) is 2.15. The van der Waals surface area contributed by atoms with E-state index < -0.39 is 10.2 Å². The van der Waals surface area contributed by atoms with Gasteiger partial charge in [-0.25, -0.2) is 0 Å². The Morgan fingerprint density at radius 1 is 1.13 bits per heavy atom. The first-order valence-corrected chi connectivity index (χ1v) is 9.66. The van der Waals surface area contributed by atoms with E-state index in [0.29, 0.717) is 13.1 Å². The Labute approximate surface area is 140 Å². The minimum atomic E-state index is -3.40. The zero-order valence-electron chi connectivity index (χ0n) is 14.6. The van der Waals surface area contributed by atoms with Crippen molar-refractivity contribution in [1.29, 1.82) is 0 Å².